The van der Waals surface area contributed by atoms with Crippen LogP contribution in [0.4, 0.5) is 25.2 Å². The second kappa shape index (κ2) is 23.2. The zero-order valence-electron chi connectivity index (χ0n) is 25.4. The number of hydrogen-bond donors (Lipinski definition) is 1. The van der Waals surface area contributed by atoms with E-state index in [2.05, 4.69) is 66.0 Å². The van der Waals surface area contributed by atoms with Gasteiger partial charge in [0.05, 0.1) is 92.5 Å². The first kappa shape index (κ1) is 40.9. The van der Waals surface area contributed by atoms with Crippen molar-refractivity contribution in [3.63, 3.8) is 0 Å². The van der Waals surface area contributed by atoms with Crippen LogP contribution < -0.4 is 5.32 Å². The maximum Gasteiger partial charge on any atom is 0.101 e. The number of benzene rings is 2. The van der Waals surface area contributed by atoms with Gasteiger partial charge in [0.2, 0.25) is 0 Å². The van der Waals surface area contributed by atoms with E-state index in [1.165, 1.54) is 11.1 Å². The zero-order valence-corrected chi connectivity index (χ0v) is 26.3. The van der Waals surface area contributed by atoms with Crippen molar-refractivity contribution in [3.05, 3.63) is 83.9 Å². The average molecular weight is 678 g/mol. The van der Waals surface area contributed by atoms with E-state index in [1.807, 2.05) is 12.2 Å². The van der Waals surface area contributed by atoms with Gasteiger partial charge in [-0.3, -0.25) is 0 Å². The number of hydrogen-bond acceptors (Lipinski definition) is 7. The van der Waals surface area contributed by atoms with Crippen LogP contribution in [0.3, 0.4) is 0 Å². The molecule has 8 nitrogen and oxygen atoms in total. The minimum atomic E-state index is -10.7. The van der Waals surface area contributed by atoms with Gasteiger partial charge in [-0.05, 0) is 0 Å². The molecule has 0 aromatic heterocycles. The molecule has 0 bridgehead atoms. The standard InChI is InChI=1S/C16H30O7.C14H15N.F6P/c1-2-4-18-6-8-20-10-12-22-14-16-23-15-13-21-11-9-19-7-5-17-3-1;1-3-7-13(8-4-1)11-15-12-14-9-5-2-6-10-14;1-7(2,3,4,5)6/h1-2H,3-16H2;1-10,15H,11-12H2;/q;;-1/p+1/b2-1+;;. The Morgan fingerprint density at radius 3 is 0.933 bits per heavy atom. The summed E-state index contributed by atoms with van der Waals surface area (Å²) in [4.78, 5) is 0. The van der Waals surface area contributed by atoms with E-state index in [1.54, 1.807) is 0 Å². The van der Waals surface area contributed by atoms with E-state index in [0.717, 1.165) is 13.1 Å². The molecule has 15 heteroatoms. The van der Waals surface area contributed by atoms with Crippen LogP contribution in [-0.2, 0) is 46.2 Å². The van der Waals surface area contributed by atoms with E-state index >= 15 is 0 Å². The van der Waals surface area contributed by atoms with Crippen molar-refractivity contribution < 1.29 is 63.7 Å². The largest absolute Gasteiger partial charge is 0.339 e. The Bertz CT molecular complexity index is 916. The first-order valence-electron chi connectivity index (χ1n) is 14.6. The van der Waals surface area contributed by atoms with Crippen molar-refractivity contribution in [3.8, 4) is 0 Å². The van der Waals surface area contributed by atoms with E-state index in [-0.39, 0.29) is 0 Å². The quantitative estimate of drug-likeness (QED) is 0.242. The van der Waals surface area contributed by atoms with Crippen molar-refractivity contribution in [1.82, 2.24) is 0 Å². The molecule has 0 fully saturated rings. The Hall–Kier alpha value is -2.13. The molecule has 2 N–H and O–H groups in total. The molecule has 0 saturated carbocycles. The van der Waals surface area contributed by atoms with Gasteiger partial charge in [-0.1, -0.05) is 72.8 Å². The Balaban J connectivity index is 0.000000391. The van der Waals surface area contributed by atoms with Crippen LogP contribution >= 0.6 is 7.81 Å². The van der Waals surface area contributed by atoms with Gasteiger partial charge in [-0.2, -0.15) is 0 Å². The number of rotatable bonds is 4. The Labute approximate surface area is 261 Å². The van der Waals surface area contributed by atoms with Crippen LogP contribution in [0.15, 0.2) is 72.8 Å². The maximum atomic E-state index is 9.87. The SMILES string of the molecule is C1=C/COCCOCCOCCOCCOCCOCCOC/1.F[P-](F)(F)(F)(F)F.c1ccc(C[NH2+]Cc2ccccc2)cc1. The van der Waals surface area contributed by atoms with Crippen LogP contribution in [0.1, 0.15) is 11.1 Å². The van der Waals surface area contributed by atoms with E-state index < -0.39 is 7.81 Å². The minimum Gasteiger partial charge on any atom is -0.339 e. The Kier molecular flexibility index (Phi) is 21.1. The van der Waals surface area contributed by atoms with Crippen LogP contribution in [-0.4, -0.2) is 92.5 Å². The van der Waals surface area contributed by atoms with E-state index in [0.29, 0.717) is 92.5 Å². The molecule has 0 unspecified atom stereocenters. The van der Waals surface area contributed by atoms with E-state index in [9.17, 15) is 25.2 Å². The minimum absolute atomic E-state index is 0.562. The van der Waals surface area contributed by atoms with Crippen LogP contribution in [0.2, 0.25) is 0 Å². The molecular weight excluding hydrogens is 631 g/mol. The van der Waals surface area contributed by atoms with Crippen LogP contribution in [0, 0.1) is 0 Å². The molecule has 0 saturated heterocycles. The fraction of sp³-hybridized carbons (Fsp3) is 0.533. The first-order valence-corrected chi connectivity index (χ1v) is 16.6. The molecule has 0 radical (unpaired) electrons. The second-order valence-corrected chi connectivity index (χ2v) is 11.2. The number of ether oxygens (including phenoxy) is 7. The van der Waals surface area contributed by atoms with E-state index in [4.69, 9.17) is 33.2 Å². The van der Waals surface area contributed by atoms with Crippen molar-refractivity contribution >= 4 is 7.81 Å². The normalized spacial score (nSPS) is 19.6. The maximum absolute atomic E-state index is 10.7. The third-order valence-corrected chi connectivity index (χ3v) is 5.27. The summed E-state index contributed by atoms with van der Waals surface area (Å²) in [7, 11) is -10.7. The third-order valence-electron chi connectivity index (χ3n) is 5.27. The third kappa shape index (κ3) is 36.2. The molecule has 0 aliphatic carbocycles. The fourth-order valence-electron chi connectivity index (χ4n) is 3.29. The zero-order chi connectivity index (χ0) is 33.0. The van der Waals surface area contributed by atoms with Crippen molar-refractivity contribution in [1.29, 1.82) is 0 Å². The number of quaternary nitrogens is 1. The topological polar surface area (TPSA) is 81.2 Å². The van der Waals surface area contributed by atoms with Gasteiger partial charge in [0.25, 0.3) is 0 Å². The molecule has 0 atom stereocenters. The number of halogens is 6. The summed E-state index contributed by atoms with van der Waals surface area (Å²) < 4.78 is 96.9. The molecule has 1 heterocycles. The van der Waals surface area contributed by atoms with Crippen LogP contribution in [0.5, 0.6) is 0 Å². The first-order chi connectivity index (χ1) is 21.4. The molecule has 260 valence electrons. The van der Waals surface area contributed by atoms with Gasteiger partial charge < -0.3 is 38.5 Å². The van der Waals surface area contributed by atoms with Crippen LogP contribution in [0.25, 0.3) is 0 Å². The summed E-state index contributed by atoms with van der Waals surface area (Å²) >= 11 is 0. The molecule has 0 amide bonds. The molecule has 2 aromatic rings. The molecular formula is C30H46F6NO7P. The smallest absolute Gasteiger partial charge is 0.101 e. The molecule has 45 heavy (non-hydrogen) atoms. The molecule has 3 rings (SSSR count). The fourth-order valence-corrected chi connectivity index (χ4v) is 3.29. The molecule has 1 aliphatic heterocycles. The Morgan fingerprint density at radius 2 is 0.667 bits per heavy atom. The number of nitrogens with two attached hydrogens (primary N) is 1. The average Bonchev–Trinajstić information content (AvgIpc) is 2.98. The van der Waals surface area contributed by atoms with Gasteiger partial charge in [-0.15, -0.1) is 0 Å². The molecule has 0 spiro atoms. The predicted octanol–water partition coefficient (Wildman–Crippen LogP) is 6.01. The van der Waals surface area contributed by atoms with Gasteiger partial charge in [0, 0.05) is 11.1 Å². The second-order valence-electron chi connectivity index (χ2n) is 9.31. The summed E-state index contributed by atoms with van der Waals surface area (Å²) in [6.07, 6.45) is 3.88. The van der Waals surface area contributed by atoms with Crippen molar-refractivity contribution in [2.24, 2.45) is 0 Å². The monoisotopic (exact) mass is 677 g/mol. The molecule has 1 aliphatic rings. The van der Waals surface area contributed by atoms with Gasteiger partial charge in [-0.25, -0.2) is 0 Å². The summed E-state index contributed by atoms with van der Waals surface area (Å²) in [6.45, 7) is 10.0. The molecule has 2 aromatic carbocycles. The van der Waals surface area contributed by atoms with Crippen molar-refractivity contribution in [2.75, 3.05) is 92.5 Å². The summed E-state index contributed by atoms with van der Waals surface area (Å²) in [6, 6.07) is 21.1. The van der Waals surface area contributed by atoms with Gasteiger partial charge in [0.15, 0.2) is 0 Å². The summed E-state index contributed by atoms with van der Waals surface area (Å²) in [5.41, 5.74) is 2.77. The summed E-state index contributed by atoms with van der Waals surface area (Å²) in [5.74, 6) is 0. The van der Waals surface area contributed by atoms with Gasteiger partial charge in [0.1, 0.15) is 13.1 Å². The predicted molar refractivity (Wildman–Crippen MR) is 161 cm³/mol. The summed E-state index contributed by atoms with van der Waals surface area (Å²) in [5, 5.41) is 2.32. The Morgan fingerprint density at radius 1 is 0.422 bits per heavy atom. The van der Waals surface area contributed by atoms with Gasteiger partial charge >= 0.3 is 33.0 Å². The van der Waals surface area contributed by atoms with Crippen molar-refractivity contribution in [2.45, 2.75) is 13.1 Å².